The van der Waals surface area contributed by atoms with Gasteiger partial charge in [0.15, 0.2) is 5.69 Å². The molecule has 0 aliphatic heterocycles. The molecule has 0 fully saturated rings. The summed E-state index contributed by atoms with van der Waals surface area (Å²) >= 11 is 0. The molecule has 0 amide bonds. The van der Waals surface area contributed by atoms with E-state index in [1.807, 2.05) is 24.3 Å². The molecule has 0 saturated heterocycles. The molecule has 3 rings (SSSR count). The van der Waals surface area contributed by atoms with Crippen molar-refractivity contribution in [2.75, 3.05) is 0 Å². The third-order valence-electron chi connectivity index (χ3n) is 3.48. The second-order valence-electron chi connectivity index (χ2n) is 4.97. The fraction of sp³-hybridized carbons (Fsp3) is 0.0588. The van der Waals surface area contributed by atoms with Gasteiger partial charge in [-0.3, -0.25) is 5.10 Å². The molecule has 1 heterocycles. The maximum absolute atomic E-state index is 13.0. The highest BCUT2D eigenvalue weighted by Crippen LogP contribution is 2.30. The van der Waals surface area contributed by atoms with Crippen molar-refractivity contribution in [2.45, 2.75) is 6.92 Å². The molecule has 0 radical (unpaired) electrons. The van der Waals surface area contributed by atoms with Gasteiger partial charge in [-0.15, -0.1) is 0 Å². The molecule has 1 aromatic heterocycles. The van der Waals surface area contributed by atoms with E-state index in [-0.39, 0.29) is 11.5 Å². The van der Waals surface area contributed by atoms with Crippen LogP contribution in [-0.2, 0) is 0 Å². The number of rotatable bonds is 3. The second-order valence-corrected chi connectivity index (χ2v) is 4.97. The van der Waals surface area contributed by atoms with Gasteiger partial charge in [0.2, 0.25) is 0 Å². The zero-order valence-corrected chi connectivity index (χ0v) is 11.8. The van der Waals surface area contributed by atoms with Gasteiger partial charge in [0.1, 0.15) is 5.82 Å². The van der Waals surface area contributed by atoms with Gasteiger partial charge in [-0.2, -0.15) is 5.10 Å². The van der Waals surface area contributed by atoms with Crippen LogP contribution < -0.4 is 0 Å². The first-order valence-electron chi connectivity index (χ1n) is 6.71. The van der Waals surface area contributed by atoms with Crippen molar-refractivity contribution in [3.63, 3.8) is 0 Å². The Hall–Kier alpha value is -2.95. The third-order valence-corrected chi connectivity index (χ3v) is 3.48. The number of halogens is 1. The summed E-state index contributed by atoms with van der Waals surface area (Å²) in [7, 11) is 0. The maximum Gasteiger partial charge on any atom is 0.357 e. The molecule has 3 aromatic rings. The molecule has 4 nitrogen and oxygen atoms in total. The number of carboxylic acids is 1. The molecule has 0 bridgehead atoms. The fourth-order valence-corrected chi connectivity index (χ4v) is 2.43. The van der Waals surface area contributed by atoms with Crippen LogP contribution in [0.25, 0.3) is 22.3 Å². The molecule has 0 aliphatic carbocycles. The van der Waals surface area contributed by atoms with E-state index in [1.165, 1.54) is 12.1 Å². The van der Waals surface area contributed by atoms with E-state index in [4.69, 9.17) is 0 Å². The van der Waals surface area contributed by atoms with E-state index < -0.39 is 5.97 Å². The molecule has 0 aliphatic rings. The van der Waals surface area contributed by atoms with Gasteiger partial charge in [0.05, 0.1) is 0 Å². The van der Waals surface area contributed by atoms with Crippen LogP contribution in [0, 0.1) is 12.7 Å². The SMILES string of the molecule is Cc1[nH]nc(C(=O)O)c1-c1cccc(-c2ccc(F)cc2)c1. The number of hydrogen-bond donors (Lipinski definition) is 2. The minimum Gasteiger partial charge on any atom is -0.476 e. The highest BCUT2D eigenvalue weighted by atomic mass is 19.1. The lowest BCUT2D eigenvalue weighted by Gasteiger charge is -2.06. The summed E-state index contributed by atoms with van der Waals surface area (Å²) in [6, 6.07) is 13.6. The summed E-state index contributed by atoms with van der Waals surface area (Å²) in [5, 5.41) is 15.8. The molecule has 0 unspecified atom stereocenters. The van der Waals surface area contributed by atoms with E-state index in [1.54, 1.807) is 19.1 Å². The van der Waals surface area contributed by atoms with Crippen molar-refractivity contribution in [1.82, 2.24) is 10.2 Å². The van der Waals surface area contributed by atoms with Crippen molar-refractivity contribution in [3.8, 4) is 22.3 Å². The standard InChI is InChI=1S/C17H13FN2O2/c1-10-15(16(17(21)22)20-19-10)13-4-2-3-12(9-13)11-5-7-14(18)8-6-11/h2-9H,1H3,(H,19,20)(H,21,22). The van der Waals surface area contributed by atoms with Gasteiger partial charge >= 0.3 is 5.97 Å². The van der Waals surface area contributed by atoms with Gasteiger partial charge in [0, 0.05) is 11.3 Å². The van der Waals surface area contributed by atoms with E-state index in [0.29, 0.717) is 11.3 Å². The van der Waals surface area contributed by atoms with Crippen molar-refractivity contribution in [3.05, 3.63) is 65.7 Å². The van der Waals surface area contributed by atoms with E-state index in [9.17, 15) is 14.3 Å². The van der Waals surface area contributed by atoms with Crippen LogP contribution in [0.1, 0.15) is 16.2 Å². The molecular weight excluding hydrogens is 283 g/mol. The zero-order valence-electron chi connectivity index (χ0n) is 11.8. The van der Waals surface area contributed by atoms with E-state index >= 15 is 0 Å². The number of benzene rings is 2. The van der Waals surface area contributed by atoms with Crippen LogP contribution in [0.3, 0.4) is 0 Å². The Balaban J connectivity index is 2.11. The van der Waals surface area contributed by atoms with Crippen molar-refractivity contribution >= 4 is 5.97 Å². The minimum atomic E-state index is -1.08. The third kappa shape index (κ3) is 2.48. The molecule has 5 heteroatoms. The highest BCUT2D eigenvalue weighted by molar-refractivity contribution is 5.95. The molecular formula is C17H13FN2O2. The molecule has 2 aromatic carbocycles. The van der Waals surface area contributed by atoms with Gasteiger partial charge in [0.25, 0.3) is 0 Å². The summed E-state index contributed by atoms with van der Waals surface area (Å²) < 4.78 is 13.0. The number of nitrogens with one attached hydrogen (secondary N) is 1. The number of carbonyl (C=O) groups is 1. The Kier molecular flexibility index (Phi) is 3.47. The summed E-state index contributed by atoms with van der Waals surface area (Å²) in [5.74, 6) is -1.37. The number of nitrogens with zero attached hydrogens (tertiary/aromatic N) is 1. The predicted molar refractivity (Wildman–Crippen MR) is 81.1 cm³/mol. The Morgan fingerprint density at radius 3 is 2.45 bits per heavy atom. The van der Waals surface area contributed by atoms with Crippen LogP contribution in [-0.4, -0.2) is 21.3 Å². The number of carboxylic acid groups (broad SMARTS) is 1. The summed E-state index contributed by atoms with van der Waals surface area (Å²) in [6.45, 7) is 1.78. The topological polar surface area (TPSA) is 66.0 Å². The van der Waals surface area contributed by atoms with Gasteiger partial charge in [-0.1, -0.05) is 30.3 Å². The summed E-state index contributed by atoms with van der Waals surface area (Å²) in [6.07, 6.45) is 0. The van der Waals surface area contributed by atoms with Crippen LogP contribution >= 0.6 is 0 Å². The average Bonchev–Trinajstić information content (AvgIpc) is 2.90. The molecule has 0 saturated carbocycles. The van der Waals surface area contributed by atoms with E-state index in [2.05, 4.69) is 10.2 Å². The number of hydrogen-bond acceptors (Lipinski definition) is 2. The summed E-state index contributed by atoms with van der Waals surface area (Å²) in [5.41, 5.74) is 3.75. The Morgan fingerprint density at radius 2 is 1.77 bits per heavy atom. The zero-order chi connectivity index (χ0) is 15.7. The molecule has 110 valence electrons. The molecule has 0 spiro atoms. The first-order chi connectivity index (χ1) is 10.6. The first-order valence-corrected chi connectivity index (χ1v) is 6.71. The lowest BCUT2D eigenvalue weighted by atomic mass is 9.98. The van der Waals surface area contributed by atoms with E-state index in [0.717, 1.165) is 16.7 Å². The predicted octanol–water partition coefficient (Wildman–Crippen LogP) is 3.89. The Labute approximate surface area is 126 Å². The highest BCUT2D eigenvalue weighted by Gasteiger charge is 2.18. The molecule has 2 N–H and O–H groups in total. The van der Waals surface area contributed by atoms with Crippen LogP contribution in [0.2, 0.25) is 0 Å². The van der Waals surface area contributed by atoms with Crippen LogP contribution in [0.5, 0.6) is 0 Å². The lowest BCUT2D eigenvalue weighted by Crippen LogP contribution is -1.99. The normalized spacial score (nSPS) is 10.6. The largest absolute Gasteiger partial charge is 0.476 e. The van der Waals surface area contributed by atoms with Crippen LogP contribution in [0.15, 0.2) is 48.5 Å². The second kappa shape index (κ2) is 5.44. The van der Waals surface area contributed by atoms with Gasteiger partial charge < -0.3 is 5.11 Å². The lowest BCUT2D eigenvalue weighted by molar-refractivity contribution is 0.0691. The fourth-order valence-electron chi connectivity index (χ4n) is 2.43. The van der Waals surface area contributed by atoms with Gasteiger partial charge in [-0.25, -0.2) is 9.18 Å². The Morgan fingerprint density at radius 1 is 1.09 bits per heavy atom. The quantitative estimate of drug-likeness (QED) is 0.770. The van der Waals surface area contributed by atoms with Gasteiger partial charge in [-0.05, 0) is 41.8 Å². The minimum absolute atomic E-state index is 0.00578. The number of aromatic nitrogens is 2. The Bertz CT molecular complexity index is 838. The number of aromatic carboxylic acids is 1. The first kappa shape index (κ1) is 14.0. The van der Waals surface area contributed by atoms with Crippen molar-refractivity contribution < 1.29 is 14.3 Å². The smallest absolute Gasteiger partial charge is 0.357 e. The van der Waals surface area contributed by atoms with Crippen molar-refractivity contribution in [1.29, 1.82) is 0 Å². The summed E-state index contributed by atoms with van der Waals surface area (Å²) in [4.78, 5) is 11.3. The van der Waals surface area contributed by atoms with Crippen molar-refractivity contribution in [2.24, 2.45) is 0 Å². The molecule has 22 heavy (non-hydrogen) atoms. The average molecular weight is 296 g/mol. The molecule has 0 atom stereocenters. The monoisotopic (exact) mass is 296 g/mol. The van der Waals surface area contributed by atoms with Crippen LogP contribution in [0.4, 0.5) is 4.39 Å². The number of aryl methyl sites for hydroxylation is 1. The number of H-pyrrole nitrogens is 1. The number of aromatic amines is 1. The maximum atomic E-state index is 13.0.